The molecule has 1 aromatic rings. The van der Waals surface area contributed by atoms with Gasteiger partial charge in [-0.1, -0.05) is 0 Å². The average Bonchev–Trinajstić information content (AvgIpc) is 2.23. The summed E-state index contributed by atoms with van der Waals surface area (Å²) in [6.45, 7) is 1.89. The molecule has 1 aromatic carbocycles. The first-order valence-electron chi connectivity index (χ1n) is 4.89. The first kappa shape index (κ1) is 9.83. The van der Waals surface area contributed by atoms with Crippen LogP contribution < -0.4 is 9.80 Å². The predicted octanol–water partition coefficient (Wildman–Crippen LogP) is 1.27. The second-order valence-corrected chi connectivity index (χ2v) is 3.85. The van der Waals surface area contributed by atoms with Crippen LogP contribution in [0.1, 0.15) is 10.4 Å². The van der Waals surface area contributed by atoms with E-state index in [4.69, 9.17) is 5.11 Å². The molecule has 0 bridgehead atoms. The number of hydrogen-bond acceptors (Lipinski definition) is 3. The van der Waals surface area contributed by atoms with Crippen molar-refractivity contribution in [2.75, 3.05) is 37.0 Å². The van der Waals surface area contributed by atoms with Gasteiger partial charge in [-0.2, -0.15) is 0 Å². The van der Waals surface area contributed by atoms with Crippen molar-refractivity contribution in [3.8, 4) is 0 Å². The second-order valence-electron chi connectivity index (χ2n) is 3.85. The number of anilines is 2. The Bertz CT molecular complexity index is 404. The maximum Gasteiger partial charge on any atom is 0.335 e. The molecule has 1 aliphatic heterocycles. The van der Waals surface area contributed by atoms with Crippen LogP contribution >= 0.6 is 0 Å². The summed E-state index contributed by atoms with van der Waals surface area (Å²) < 4.78 is 0. The fraction of sp³-hybridized carbons (Fsp3) is 0.364. The molecule has 0 radical (unpaired) electrons. The van der Waals surface area contributed by atoms with Crippen LogP contribution in [0.25, 0.3) is 0 Å². The van der Waals surface area contributed by atoms with E-state index >= 15 is 0 Å². The van der Waals surface area contributed by atoms with E-state index in [-0.39, 0.29) is 0 Å². The highest BCUT2D eigenvalue weighted by molar-refractivity contribution is 5.91. The minimum Gasteiger partial charge on any atom is -0.478 e. The third kappa shape index (κ3) is 1.63. The molecule has 0 atom stereocenters. The summed E-state index contributed by atoms with van der Waals surface area (Å²) >= 11 is 0. The molecule has 4 nitrogen and oxygen atoms in total. The largest absolute Gasteiger partial charge is 0.478 e. The van der Waals surface area contributed by atoms with Crippen LogP contribution in [-0.2, 0) is 0 Å². The molecule has 1 heterocycles. The van der Waals surface area contributed by atoms with Gasteiger partial charge < -0.3 is 14.9 Å². The molecular weight excluding hydrogens is 192 g/mol. The minimum absolute atomic E-state index is 0.343. The number of nitrogens with zero attached hydrogens (tertiary/aromatic N) is 2. The van der Waals surface area contributed by atoms with E-state index < -0.39 is 5.97 Å². The van der Waals surface area contributed by atoms with Crippen LogP contribution in [0.5, 0.6) is 0 Å². The Morgan fingerprint density at radius 2 is 1.80 bits per heavy atom. The highest BCUT2D eigenvalue weighted by Gasteiger charge is 2.18. The van der Waals surface area contributed by atoms with Gasteiger partial charge in [0, 0.05) is 27.2 Å². The van der Waals surface area contributed by atoms with Crippen LogP contribution in [0.4, 0.5) is 11.4 Å². The molecule has 0 aromatic heterocycles. The molecule has 1 N–H and O–H groups in total. The van der Waals surface area contributed by atoms with E-state index in [9.17, 15) is 4.79 Å². The van der Waals surface area contributed by atoms with Crippen LogP contribution in [0.3, 0.4) is 0 Å². The monoisotopic (exact) mass is 206 g/mol. The van der Waals surface area contributed by atoms with Gasteiger partial charge in [-0.05, 0) is 18.2 Å². The number of carbonyl (C=O) groups is 1. The number of carboxylic acid groups (broad SMARTS) is 1. The lowest BCUT2D eigenvalue weighted by atomic mass is 10.1. The number of aromatic carboxylic acids is 1. The van der Waals surface area contributed by atoms with E-state index in [0.29, 0.717) is 5.56 Å². The molecule has 15 heavy (non-hydrogen) atoms. The van der Waals surface area contributed by atoms with Crippen molar-refractivity contribution in [2.24, 2.45) is 0 Å². The van der Waals surface area contributed by atoms with Crippen molar-refractivity contribution in [2.45, 2.75) is 0 Å². The van der Waals surface area contributed by atoms with Gasteiger partial charge in [-0.3, -0.25) is 0 Å². The molecule has 0 saturated carbocycles. The summed E-state index contributed by atoms with van der Waals surface area (Å²) in [4.78, 5) is 15.1. The summed E-state index contributed by atoms with van der Waals surface area (Å²) in [6, 6.07) is 5.25. The second kappa shape index (κ2) is 3.46. The van der Waals surface area contributed by atoms with Crippen LogP contribution in [0, 0.1) is 0 Å². The van der Waals surface area contributed by atoms with Crippen LogP contribution in [0.2, 0.25) is 0 Å². The molecular formula is C11H14N2O2. The maximum atomic E-state index is 10.8. The molecule has 0 aliphatic carbocycles. The lowest BCUT2D eigenvalue weighted by Crippen LogP contribution is -2.36. The predicted molar refractivity (Wildman–Crippen MR) is 59.9 cm³/mol. The number of benzene rings is 1. The van der Waals surface area contributed by atoms with Gasteiger partial charge in [0.15, 0.2) is 0 Å². The van der Waals surface area contributed by atoms with E-state index in [1.54, 1.807) is 12.1 Å². The number of hydrogen-bond donors (Lipinski definition) is 1. The fourth-order valence-electron chi connectivity index (χ4n) is 1.83. The summed E-state index contributed by atoms with van der Waals surface area (Å²) in [6.07, 6.45) is 0. The van der Waals surface area contributed by atoms with Crippen molar-refractivity contribution in [3.63, 3.8) is 0 Å². The van der Waals surface area contributed by atoms with Crippen molar-refractivity contribution < 1.29 is 9.90 Å². The highest BCUT2D eigenvalue weighted by atomic mass is 16.4. The molecule has 1 aliphatic rings. The third-order valence-electron chi connectivity index (χ3n) is 2.82. The Labute approximate surface area is 88.7 Å². The first-order valence-corrected chi connectivity index (χ1v) is 4.89. The molecule has 0 saturated heterocycles. The standard InChI is InChI=1S/C11H14N2O2/c1-12-5-6-13(2)10-7-8(11(14)15)3-4-9(10)12/h3-4,7H,5-6H2,1-2H3,(H,14,15). The number of rotatable bonds is 1. The Hall–Kier alpha value is -1.71. The number of likely N-dealkylation sites (N-methyl/N-ethyl adjacent to an activating group) is 2. The van der Waals surface area contributed by atoms with Crippen LogP contribution in [-0.4, -0.2) is 38.3 Å². The normalized spacial score (nSPS) is 15.1. The number of fused-ring (bicyclic) bond motifs is 1. The van der Waals surface area contributed by atoms with Crippen LogP contribution in [0.15, 0.2) is 18.2 Å². The molecule has 0 fully saturated rings. The zero-order chi connectivity index (χ0) is 11.0. The van der Waals surface area contributed by atoms with Gasteiger partial charge in [0.1, 0.15) is 0 Å². The smallest absolute Gasteiger partial charge is 0.335 e. The van der Waals surface area contributed by atoms with Gasteiger partial charge in [0.05, 0.1) is 16.9 Å². The van der Waals surface area contributed by atoms with Gasteiger partial charge in [0.25, 0.3) is 0 Å². The van der Waals surface area contributed by atoms with Gasteiger partial charge in [-0.25, -0.2) is 4.79 Å². The Morgan fingerprint density at radius 3 is 2.40 bits per heavy atom. The molecule has 0 amide bonds. The lowest BCUT2D eigenvalue weighted by molar-refractivity contribution is 0.0697. The lowest BCUT2D eigenvalue weighted by Gasteiger charge is -2.34. The summed E-state index contributed by atoms with van der Waals surface area (Å²) in [5, 5.41) is 8.91. The molecule has 2 rings (SSSR count). The Morgan fingerprint density at radius 1 is 1.20 bits per heavy atom. The topological polar surface area (TPSA) is 43.8 Å². The third-order valence-corrected chi connectivity index (χ3v) is 2.82. The molecule has 4 heteroatoms. The van der Waals surface area contributed by atoms with Gasteiger partial charge in [-0.15, -0.1) is 0 Å². The first-order chi connectivity index (χ1) is 7.09. The molecule has 0 spiro atoms. The SMILES string of the molecule is CN1CCN(C)c2cc(C(=O)O)ccc21. The summed E-state index contributed by atoms with van der Waals surface area (Å²) in [5.74, 6) is -0.876. The quantitative estimate of drug-likeness (QED) is 0.751. The van der Waals surface area contributed by atoms with Crippen molar-refractivity contribution in [1.29, 1.82) is 0 Å². The zero-order valence-electron chi connectivity index (χ0n) is 8.90. The van der Waals surface area contributed by atoms with E-state index in [0.717, 1.165) is 24.5 Å². The minimum atomic E-state index is -0.876. The average molecular weight is 206 g/mol. The van der Waals surface area contributed by atoms with Crippen molar-refractivity contribution in [3.05, 3.63) is 23.8 Å². The summed E-state index contributed by atoms with van der Waals surface area (Å²) in [5.41, 5.74) is 2.42. The van der Waals surface area contributed by atoms with Crippen molar-refractivity contribution in [1.82, 2.24) is 0 Å². The van der Waals surface area contributed by atoms with Gasteiger partial charge in [0.2, 0.25) is 0 Å². The maximum absolute atomic E-state index is 10.8. The van der Waals surface area contributed by atoms with E-state index in [1.807, 2.05) is 20.2 Å². The van der Waals surface area contributed by atoms with E-state index in [1.165, 1.54) is 0 Å². The zero-order valence-corrected chi connectivity index (χ0v) is 8.90. The van der Waals surface area contributed by atoms with Gasteiger partial charge >= 0.3 is 5.97 Å². The Balaban J connectivity index is 2.49. The molecule has 0 unspecified atom stereocenters. The molecule has 80 valence electrons. The number of carboxylic acids is 1. The Kier molecular flexibility index (Phi) is 2.26. The van der Waals surface area contributed by atoms with E-state index in [2.05, 4.69) is 9.80 Å². The summed E-state index contributed by atoms with van der Waals surface area (Å²) in [7, 11) is 4.00. The fourth-order valence-corrected chi connectivity index (χ4v) is 1.83. The van der Waals surface area contributed by atoms with Crippen molar-refractivity contribution >= 4 is 17.3 Å². The highest BCUT2D eigenvalue weighted by Crippen LogP contribution is 2.31.